The van der Waals surface area contributed by atoms with Crippen molar-refractivity contribution in [1.82, 2.24) is 10.6 Å². The van der Waals surface area contributed by atoms with E-state index >= 15 is 0 Å². The molecule has 0 radical (unpaired) electrons. The molecule has 0 aromatic rings. The van der Waals surface area contributed by atoms with Gasteiger partial charge in [0.15, 0.2) is 0 Å². The first-order valence-corrected chi connectivity index (χ1v) is 7.11. The third kappa shape index (κ3) is 4.31. The molecule has 0 unspecified atom stereocenters. The van der Waals surface area contributed by atoms with Gasteiger partial charge in [-0.2, -0.15) is 0 Å². The summed E-state index contributed by atoms with van der Waals surface area (Å²) in [5.41, 5.74) is 6.35. The summed E-state index contributed by atoms with van der Waals surface area (Å²) < 4.78 is 0. The Morgan fingerprint density at radius 1 is 1.45 bits per heavy atom. The van der Waals surface area contributed by atoms with Crippen molar-refractivity contribution in [2.75, 3.05) is 0 Å². The number of hydrogen-bond donors (Lipinski definition) is 4. The number of rotatable bonds is 6. The van der Waals surface area contributed by atoms with Crippen LogP contribution in [0.15, 0.2) is 11.6 Å². The van der Waals surface area contributed by atoms with Gasteiger partial charge in [-0.05, 0) is 19.3 Å². The first-order chi connectivity index (χ1) is 9.38. The van der Waals surface area contributed by atoms with Gasteiger partial charge in [0, 0.05) is 30.6 Å². The van der Waals surface area contributed by atoms with E-state index in [0.717, 1.165) is 12.8 Å². The fraction of sp³-hybridized carbons (Fsp3) is 0.714. The summed E-state index contributed by atoms with van der Waals surface area (Å²) in [5.74, 6) is -1.10. The molecule has 1 rings (SSSR count). The Hall–Kier alpha value is -1.40. The Morgan fingerprint density at radius 3 is 2.50 bits per heavy atom. The normalized spacial score (nSPS) is 26.2. The van der Waals surface area contributed by atoms with Gasteiger partial charge in [0.1, 0.15) is 0 Å². The van der Waals surface area contributed by atoms with Gasteiger partial charge in [-0.25, -0.2) is 4.79 Å². The molecule has 0 saturated heterocycles. The molecule has 1 amide bonds. The number of carboxylic acid groups (broad SMARTS) is 1. The van der Waals surface area contributed by atoms with Gasteiger partial charge in [0.2, 0.25) is 5.91 Å². The average Bonchev–Trinajstić information content (AvgIpc) is 2.38. The summed E-state index contributed by atoms with van der Waals surface area (Å²) in [5, 5.41) is 15.4. The minimum absolute atomic E-state index is 0.158. The van der Waals surface area contributed by atoms with E-state index in [9.17, 15) is 9.59 Å². The summed E-state index contributed by atoms with van der Waals surface area (Å²) >= 11 is 0. The number of hydrogen-bond acceptors (Lipinski definition) is 4. The Bertz CT molecular complexity index is 391. The molecule has 1 aliphatic carbocycles. The van der Waals surface area contributed by atoms with E-state index in [4.69, 9.17) is 10.8 Å². The van der Waals surface area contributed by atoms with Crippen LogP contribution < -0.4 is 16.4 Å². The maximum atomic E-state index is 11.3. The minimum Gasteiger partial charge on any atom is -0.478 e. The van der Waals surface area contributed by atoms with Gasteiger partial charge in [0.25, 0.3) is 0 Å². The third-order valence-electron chi connectivity index (χ3n) is 3.74. The van der Waals surface area contributed by atoms with Gasteiger partial charge in [-0.3, -0.25) is 4.79 Å². The van der Waals surface area contributed by atoms with Crippen LogP contribution in [0.2, 0.25) is 0 Å². The molecular formula is C14H25N3O3. The second-order valence-corrected chi connectivity index (χ2v) is 5.30. The zero-order valence-electron chi connectivity index (χ0n) is 12.3. The van der Waals surface area contributed by atoms with E-state index in [1.54, 1.807) is 6.08 Å². The molecule has 0 aliphatic heterocycles. The van der Waals surface area contributed by atoms with E-state index in [-0.39, 0.29) is 30.5 Å². The lowest BCUT2D eigenvalue weighted by Gasteiger charge is -2.37. The predicted molar refractivity (Wildman–Crippen MR) is 77.2 cm³/mol. The highest BCUT2D eigenvalue weighted by atomic mass is 16.4. The van der Waals surface area contributed by atoms with Crippen LogP contribution in [0.25, 0.3) is 0 Å². The van der Waals surface area contributed by atoms with Crippen LogP contribution >= 0.6 is 0 Å². The minimum atomic E-state index is -0.946. The van der Waals surface area contributed by atoms with Gasteiger partial charge >= 0.3 is 5.97 Å². The maximum absolute atomic E-state index is 11.3. The fourth-order valence-corrected chi connectivity index (χ4v) is 2.57. The van der Waals surface area contributed by atoms with Crippen LogP contribution in [0.5, 0.6) is 0 Å². The second kappa shape index (κ2) is 7.40. The zero-order chi connectivity index (χ0) is 15.3. The van der Waals surface area contributed by atoms with Crippen molar-refractivity contribution >= 4 is 11.9 Å². The van der Waals surface area contributed by atoms with Crippen molar-refractivity contribution < 1.29 is 14.7 Å². The summed E-state index contributed by atoms with van der Waals surface area (Å²) in [6.07, 6.45) is 3.82. The van der Waals surface area contributed by atoms with E-state index in [1.165, 1.54) is 6.92 Å². The summed E-state index contributed by atoms with van der Waals surface area (Å²) in [6, 6.07) is -0.662. The molecular weight excluding hydrogens is 258 g/mol. The topological polar surface area (TPSA) is 104 Å². The smallest absolute Gasteiger partial charge is 0.331 e. The molecule has 0 heterocycles. The van der Waals surface area contributed by atoms with Gasteiger partial charge in [0.05, 0.1) is 6.04 Å². The SMILES string of the molecule is CCC(CC)N[C@H]1C=C(C(=O)O)C[C@@H](N)[C@@H]1NC(C)=O. The molecule has 3 atom stereocenters. The second-order valence-electron chi connectivity index (χ2n) is 5.30. The van der Waals surface area contributed by atoms with Crippen LogP contribution in [0.4, 0.5) is 0 Å². The van der Waals surface area contributed by atoms with Gasteiger partial charge < -0.3 is 21.5 Å². The van der Waals surface area contributed by atoms with Crippen molar-refractivity contribution in [3.63, 3.8) is 0 Å². The maximum Gasteiger partial charge on any atom is 0.331 e. The summed E-state index contributed by atoms with van der Waals surface area (Å²) in [6.45, 7) is 5.58. The van der Waals surface area contributed by atoms with Crippen molar-refractivity contribution in [2.45, 2.75) is 64.2 Å². The molecule has 5 N–H and O–H groups in total. The molecule has 0 saturated carbocycles. The van der Waals surface area contributed by atoms with Crippen LogP contribution in [0.1, 0.15) is 40.0 Å². The highest BCUT2D eigenvalue weighted by molar-refractivity contribution is 5.87. The first kappa shape index (κ1) is 16.7. The van der Waals surface area contributed by atoms with E-state index in [0.29, 0.717) is 5.57 Å². The standard InChI is InChI=1S/C14H25N3O3/c1-4-10(5-2)17-12-7-9(14(19)20)6-11(15)13(12)16-8(3)18/h7,10-13,17H,4-6,15H2,1-3H3,(H,16,18)(H,19,20)/t11-,12+,13+/m1/s1. The lowest BCUT2D eigenvalue weighted by atomic mass is 9.86. The lowest BCUT2D eigenvalue weighted by Crippen LogP contribution is -2.61. The molecule has 0 fully saturated rings. The Balaban J connectivity index is 2.96. The van der Waals surface area contributed by atoms with Crippen LogP contribution in [0.3, 0.4) is 0 Å². The quantitative estimate of drug-likeness (QED) is 0.564. The summed E-state index contributed by atoms with van der Waals surface area (Å²) in [4.78, 5) is 22.5. The largest absolute Gasteiger partial charge is 0.478 e. The molecule has 0 bridgehead atoms. The molecule has 0 aromatic carbocycles. The number of carboxylic acids is 1. The van der Waals surface area contributed by atoms with E-state index < -0.39 is 12.0 Å². The highest BCUT2D eigenvalue weighted by Gasteiger charge is 2.34. The molecule has 6 heteroatoms. The first-order valence-electron chi connectivity index (χ1n) is 7.11. The van der Waals surface area contributed by atoms with Crippen molar-refractivity contribution in [2.24, 2.45) is 5.73 Å². The lowest BCUT2D eigenvalue weighted by molar-refractivity contribution is -0.133. The number of nitrogens with one attached hydrogen (secondary N) is 2. The number of amides is 1. The molecule has 6 nitrogen and oxygen atoms in total. The number of carbonyl (C=O) groups is 2. The summed E-state index contributed by atoms with van der Waals surface area (Å²) in [7, 11) is 0. The fourth-order valence-electron chi connectivity index (χ4n) is 2.57. The van der Waals surface area contributed by atoms with Crippen LogP contribution in [-0.2, 0) is 9.59 Å². The number of aliphatic carboxylic acids is 1. The van der Waals surface area contributed by atoms with E-state index in [1.807, 2.05) is 0 Å². The van der Waals surface area contributed by atoms with Crippen LogP contribution in [0, 0.1) is 0 Å². The molecule has 0 aromatic heterocycles. The van der Waals surface area contributed by atoms with E-state index in [2.05, 4.69) is 24.5 Å². The molecule has 0 spiro atoms. The number of nitrogens with two attached hydrogens (primary N) is 1. The average molecular weight is 283 g/mol. The van der Waals surface area contributed by atoms with Crippen molar-refractivity contribution in [3.05, 3.63) is 11.6 Å². The highest BCUT2D eigenvalue weighted by Crippen LogP contribution is 2.19. The van der Waals surface area contributed by atoms with Crippen LogP contribution in [-0.4, -0.2) is 41.2 Å². The molecule has 1 aliphatic rings. The monoisotopic (exact) mass is 283 g/mol. The Morgan fingerprint density at radius 2 is 2.05 bits per heavy atom. The van der Waals surface area contributed by atoms with Crippen molar-refractivity contribution in [1.29, 1.82) is 0 Å². The number of carbonyl (C=O) groups excluding carboxylic acids is 1. The van der Waals surface area contributed by atoms with Gasteiger partial charge in [-0.1, -0.05) is 19.9 Å². The predicted octanol–water partition coefficient (Wildman–Crippen LogP) is 0.380. The molecule has 20 heavy (non-hydrogen) atoms. The van der Waals surface area contributed by atoms with Crippen molar-refractivity contribution in [3.8, 4) is 0 Å². The Kier molecular flexibility index (Phi) is 6.16. The zero-order valence-corrected chi connectivity index (χ0v) is 12.3. The Labute approximate surface area is 119 Å². The molecule has 114 valence electrons. The van der Waals surface area contributed by atoms with Gasteiger partial charge in [-0.15, -0.1) is 0 Å². The third-order valence-corrected chi connectivity index (χ3v) is 3.74.